The van der Waals surface area contributed by atoms with Crippen LogP contribution in [0.2, 0.25) is 0 Å². The quantitative estimate of drug-likeness (QED) is 0.927. The molecule has 0 bridgehead atoms. The first-order valence-electron chi connectivity index (χ1n) is 8.92. The molecule has 4 rings (SSSR count). The average Bonchev–Trinajstić information content (AvgIpc) is 3.36. The fourth-order valence-corrected chi connectivity index (χ4v) is 3.63. The van der Waals surface area contributed by atoms with Gasteiger partial charge in [-0.2, -0.15) is 0 Å². The van der Waals surface area contributed by atoms with Crippen LogP contribution in [0.3, 0.4) is 0 Å². The molecule has 4 heterocycles. The standard InChI is InChI=1S/C18H23N5O2/c1-13-11-16(25-21-13)15-5-4-10-23(15)18(24)20-14-6-7-17(19-12-14)22-8-2-3-9-22/h6-7,11-12,15H,2-5,8-10H2,1H3,(H,20,24)/t15-/m0/s1. The van der Waals surface area contributed by atoms with Gasteiger partial charge < -0.3 is 19.6 Å². The molecule has 25 heavy (non-hydrogen) atoms. The highest BCUT2D eigenvalue weighted by molar-refractivity contribution is 5.89. The van der Waals surface area contributed by atoms with Crippen LogP contribution in [0.15, 0.2) is 28.9 Å². The van der Waals surface area contributed by atoms with Gasteiger partial charge in [-0.25, -0.2) is 9.78 Å². The minimum absolute atomic E-state index is 0.0435. The summed E-state index contributed by atoms with van der Waals surface area (Å²) in [7, 11) is 0. The molecule has 2 fully saturated rings. The lowest BCUT2D eigenvalue weighted by molar-refractivity contribution is 0.195. The number of anilines is 2. The van der Waals surface area contributed by atoms with Crippen LogP contribution in [-0.4, -0.2) is 40.7 Å². The van der Waals surface area contributed by atoms with Crippen molar-refractivity contribution in [3.05, 3.63) is 35.9 Å². The number of likely N-dealkylation sites (tertiary alicyclic amines) is 1. The van der Waals surface area contributed by atoms with E-state index >= 15 is 0 Å². The number of hydrogen-bond acceptors (Lipinski definition) is 5. The molecule has 0 spiro atoms. The Balaban J connectivity index is 1.42. The Hall–Kier alpha value is -2.57. The van der Waals surface area contributed by atoms with Gasteiger partial charge in [0.15, 0.2) is 5.76 Å². The maximum absolute atomic E-state index is 12.7. The Kier molecular flexibility index (Phi) is 4.29. The SMILES string of the molecule is Cc1cc([C@@H]2CCCN2C(=O)Nc2ccc(N3CCCC3)nc2)on1. The number of hydrogen-bond donors (Lipinski definition) is 1. The molecule has 0 aromatic carbocycles. The van der Waals surface area contributed by atoms with Crippen molar-refractivity contribution in [2.24, 2.45) is 0 Å². The molecular weight excluding hydrogens is 318 g/mol. The highest BCUT2D eigenvalue weighted by Crippen LogP contribution is 2.32. The maximum Gasteiger partial charge on any atom is 0.322 e. The minimum atomic E-state index is -0.118. The molecule has 2 aliphatic rings. The molecule has 2 amide bonds. The van der Waals surface area contributed by atoms with Gasteiger partial charge in [0.25, 0.3) is 0 Å². The number of amides is 2. The summed E-state index contributed by atoms with van der Waals surface area (Å²) in [6.07, 6.45) is 6.03. The van der Waals surface area contributed by atoms with Crippen molar-refractivity contribution in [3.63, 3.8) is 0 Å². The van der Waals surface area contributed by atoms with E-state index in [9.17, 15) is 4.79 Å². The number of urea groups is 1. The normalized spacial score (nSPS) is 20.3. The summed E-state index contributed by atoms with van der Waals surface area (Å²) in [4.78, 5) is 21.2. The largest absolute Gasteiger partial charge is 0.359 e. The topological polar surface area (TPSA) is 74.5 Å². The zero-order valence-corrected chi connectivity index (χ0v) is 14.4. The molecular formula is C18H23N5O2. The third kappa shape index (κ3) is 3.31. The van der Waals surface area contributed by atoms with Crippen molar-refractivity contribution in [1.82, 2.24) is 15.0 Å². The number of carbonyl (C=O) groups excluding carboxylic acids is 1. The fraction of sp³-hybridized carbons (Fsp3) is 0.500. The first kappa shape index (κ1) is 15.9. The molecule has 2 aromatic heterocycles. The van der Waals surface area contributed by atoms with Crippen LogP contribution >= 0.6 is 0 Å². The van der Waals surface area contributed by atoms with Crippen molar-refractivity contribution < 1.29 is 9.32 Å². The van der Waals surface area contributed by atoms with Crippen LogP contribution in [0, 0.1) is 6.92 Å². The summed E-state index contributed by atoms with van der Waals surface area (Å²) >= 11 is 0. The zero-order chi connectivity index (χ0) is 17.2. The lowest BCUT2D eigenvalue weighted by atomic mass is 10.1. The molecule has 0 saturated carbocycles. The summed E-state index contributed by atoms with van der Waals surface area (Å²) in [5, 5.41) is 6.89. The third-order valence-electron chi connectivity index (χ3n) is 4.92. The van der Waals surface area contributed by atoms with E-state index in [0.29, 0.717) is 5.69 Å². The summed E-state index contributed by atoms with van der Waals surface area (Å²) in [5.41, 5.74) is 1.55. The molecule has 0 unspecified atom stereocenters. The number of pyridine rings is 1. The molecule has 7 heteroatoms. The van der Waals surface area contributed by atoms with Gasteiger partial charge in [0.1, 0.15) is 5.82 Å². The van der Waals surface area contributed by atoms with Crippen LogP contribution in [0.1, 0.15) is 43.2 Å². The molecule has 2 saturated heterocycles. The summed E-state index contributed by atoms with van der Waals surface area (Å²) in [6, 6.07) is 5.64. The molecule has 132 valence electrons. The highest BCUT2D eigenvalue weighted by atomic mass is 16.5. The second-order valence-corrected chi connectivity index (χ2v) is 6.75. The van der Waals surface area contributed by atoms with Crippen molar-refractivity contribution >= 4 is 17.5 Å². The monoisotopic (exact) mass is 341 g/mol. The summed E-state index contributed by atoms with van der Waals surface area (Å²) in [6.45, 7) is 4.73. The first-order chi connectivity index (χ1) is 12.2. The first-order valence-corrected chi connectivity index (χ1v) is 8.92. The Labute approximate surface area is 147 Å². The van der Waals surface area contributed by atoms with E-state index in [1.807, 2.05) is 30.0 Å². The lowest BCUT2D eigenvalue weighted by Crippen LogP contribution is -2.34. The molecule has 1 atom stereocenters. The molecule has 2 aliphatic heterocycles. The Morgan fingerprint density at radius 3 is 2.76 bits per heavy atom. The Bertz CT molecular complexity index is 736. The molecule has 7 nitrogen and oxygen atoms in total. The summed E-state index contributed by atoms with van der Waals surface area (Å²) in [5.74, 6) is 1.74. The van der Waals surface area contributed by atoms with Crippen LogP contribution in [0.5, 0.6) is 0 Å². The molecule has 2 aromatic rings. The third-order valence-corrected chi connectivity index (χ3v) is 4.92. The van der Waals surface area contributed by atoms with Gasteiger partial charge in [-0.3, -0.25) is 0 Å². The highest BCUT2D eigenvalue weighted by Gasteiger charge is 2.32. The smallest absolute Gasteiger partial charge is 0.322 e. The zero-order valence-electron chi connectivity index (χ0n) is 14.4. The lowest BCUT2D eigenvalue weighted by Gasteiger charge is -2.23. The predicted octanol–water partition coefficient (Wildman–Crippen LogP) is 3.35. The predicted molar refractivity (Wildman–Crippen MR) is 94.6 cm³/mol. The number of nitrogens with zero attached hydrogens (tertiary/aromatic N) is 4. The van der Waals surface area contributed by atoms with E-state index in [4.69, 9.17) is 4.52 Å². The summed E-state index contributed by atoms with van der Waals surface area (Å²) < 4.78 is 5.36. The van der Waals surface area contributed by atoms with Crippen LogP contribution in [0.25, 0.3) is 0 Å². The van der Waals surface area contributed by atoms with E-state index in [-0.39, 0.29) is 12.1 Å². The number of rotatable bonds is 3. The second-order valence-electron chi connectivity index (χ2n) is 6.75. The second kappa shape index (κ2) is 6.74. The van der Waals surface area contributed by atoms with Gasteiger partial charge in [0.2, 0.25) is 0 Å². The van der Waals surface area contributed by atoms with Crippen molar-refractivity contribution in [1.29, 1.82) is 0 Å². The van der Waals surface area contributed by atoms with Gasteiger partial charge in [0, 0.05) is 25.7 Å². The van der Waals surface area contributed by atoms with Crippen molar-refractivity contribution in [3.8, 4) is 0 Å². The number of nitrogens with one attached hydrogen (secondary N) is 1. The van der Waals surface area contributed by atoms with Crippen molar-refractivity contribution in [2.45, 2.75) is 38.6 Å². The van der Waals surface area contributed by atoms with Crippen LogP contribution < -0.4 is 10.2 Å². The van der Waals surface area contributed by atoms with Crippen molar-refractivity contribution in [2.75, 3.05) is 29.9 Å². The number of aromatic nitrogens is 2. The van der Waals surface area contributed by atoms with Crippen LogP contribution in [0.4, 0.5) is 16.3 Å². The van der Waals surface area contributed by atoms with Gasteiger partial charge in [-0.05, 0) is 44.7 Å². The fourth-order valence-electron chi connectivity index (χ4n) is 3.63. The van der Waals surface area contributed by atoms with Gasteiger partial charge >= 0.3 is 6.03 Å². The Morgan fingerprint density at radius 1 is 1.24 bits per heavy atom. The Morgan fingerprint density at radius 2 is 2.08 bits per heavy atom. The molecule has 0 aliphatic carbocycles. The minimum Gasteiger partial charge on any atom is -0.359 e. The van der Waals surface area contributed by atoms with E-state index in [1.165, 1.54) is 12.8 Å². The average molecular weight is 341 g/mol. The van der Waals surface area contributed by atoms with E-state index in [1.54, 1.807) is 6.20 Å². The molecule has 0 radical (unpaired) electrons. The maximum atomic E-state index is 12.7. The van der Waals surface area contributed by atoms with E-state index < -0.39 is 0 Å². The van der Waals surface area contributed by atoms with Crippen LogP contribution in [-0.2, 0) is 0 Å². The van der Waals surface area contributed by atoms with Gasteiger partial charge in [-0.15, -0.1) is 0 Å². The van der Waals surface area contributed by atoms with E-state index in [0.717, 1.165) is 49.7 Å². The van der Waals surface area contributed by atoms with Gasteiger partial charge in [-0.1, -0.05) is 5.16 Å². The number of carbonyl (C=O) groups is 1. The number of aryl methyl sites for hydroxylation is 1. The molecule has 1 N–H and O–H groups in total. The van der Waals surface area contributed by atoms with Gasteiger partial charge in [0.05, 0.1) is 23.6 Å². The van der Waals surface area contributed by atoms with E-state index in [2.05, 4.69) is 20.4 Å².